The third-order valence-corrected chi connectivity index (χ3v) is 5.19. The first kappa shape index (κ1) is 15.6. The van der Waals surface area contributed by atoms with Gasteiger partial charge in [0.2, 0.25) is 11.8 Å². The van der Waals surface area contributed by atoms with Gasteiger partial charge in [-0.15, -0.1) is 11.8 Å². The highest BCUT2D eigenvalue weighted by molar-refractivity contribution is 8.00. The molecule has 0 bridgehead atoms. The average molecular weight is 341 g/mol. The number of methoxy groups -OCH3 is 1. The van der Waals surface area contributed by atoms with Gasteiger partial charge in [-0.05, 0) is 17.7 Å². The number of hydrogen-bond donors (Lipinski definition) is 0. The number of ether oxygens (including phenoxy) is 1. The number of thioether (sulfide) groups is 1. The van der Waals surface area contributed by atoms with Crippen LogP contribution in [0.2, 0.25) is 5.02 Å². The van der Waals surface area contributed by atoms with Crippen LogP contribution in [0.15, 0.2) is 24.3 Å². The molecule has 2 aliphatic rings. The Morgan fingerprint density at radius 1 is 1.27 bits per heavy atom. The summed E-state index contributed by atoms with van der Waals surface area (Å²) in [6, 6.07) is 6.93. The summed E-state index contributed by atoms with van der Waals surface area (Å²) in [4.78, 5) is 27.9. The van der Waals surface area contributed by atoms with Gasteiger partial charge < -0.3 is 14.5 Å². The fourth-order valence-electron chi connectivity index (χ4n) is 2.92. The van der Waals surface area contributed by atoms with E-state index in [-0.39, 0.29) is 17.9 Å². The van der Waals surface area contributed by atoms with Crippen LogP contribution < -0.4 is 0 Å². The standard InChI is InChI=1S/C15H17ClN2O3S/c1-21-7-6-17-13(10-2-4-11(16)5-3-10)14(15(17)20)18-9-22-8-12(18)19/h2-5,13-14H,6-9H2,1H3. The second-order valence-electron chi connectivity index (χ2n) is 5.31. The fraction of sp³-hybridized carbons (Fsp3) is 0.467. The second kappa shape index (κ2) is 6.48. The number of likely N-dealkylation sites (tertiary alicyclic amines) is 1. The highest BCUT2D eigenvalue weighted by Crippen LogP contribution is 2.40. The van der Waals surface area contributed by atoms with E-state index in [2.05, 4.69) is 0 Å². The number of rotatable bonds is 5. The van der Waals surface area contributed by atoms with Crippen LogP contribution in [-0.2, 0) is 14.3 Å². The lowest BCUT2D eigenvalue weighted by Crippen LogP contribution is -2.66. The molecular weight excluding hydrogens is 324 g/mol. The minimum absolute atomic E-state index is 0.00662. The first-order valence-electron chi connectivity index (χ1n) is 7.05. The maximum absolute atomic E-state index is 12.5. The van der Waals surface area contributed by atoms with Crippen LogP contribution >= 0.6 is 23.4 Å². The van der Waals surface area contributed by atoms with Gasteiger partial charge in [-0.3, -0.25) is 9.59 Å². The van der Waals surface area contributed by atoms with Gasteiger partial charge in [-0.2, -0.15) is 0 Å². The highest BCUT2D eigenvalue weighted by atomic mass is 35.5. The van der Waals surface area contributed by atoms with E-state index in [0.29, 0.717) is 29.8 Å². The smallest absolute Gasteiger partial charge is 0.248 e. The van der Waals surface area contributed by atoms with E-state index in [4.69, 9.17) is 16.3 Å². The number of hydrogen-bond acceptors (Lipinski definition) is 4. The Morgan fingerprint density at radius 3 is 2.59 bits per heavy atom. The molecule has 2 fully saturated rings. The van der Waals surface area contributed by atoms with Crippen molar-refractivity contribution in [2.75, 3.05) is 31.9 Å². The number of amides is 2. The zero-order valence-corrected chi connectivity index (χ0v) is 13.8. The maximum Gasteiger partial charge on any atom is 0.248 e. The van der Waals surface area contributed by atoms with E-state index in [1.807, 2.05) is 24.3 Å². The molecule has 0 radical (unpaired) electrons. The Hall–Kier alpha value is -1.24. The van der Waals surface area contributed by atoms with Crippen molar-refractivity contribution in [1.82, 2.24) is 9.80 Å². The third kappa shape index (κ3) is 2.71. The molecule has 5 nitrogen and oxygen atoms in total. The van der Waals surface area contributed by atoms with Crippen LogP contribution in [-0.4, -0.2) is 59.5 Å². The molecular formula is C15H17ClN2O3S. The van der Waals surface area contributed by atoms with Crippen LogP contribution in [0.1, 0.15) is 11.6 Å². The molecule has 1 aromatic rings. The maximum atomic E-state index is 12.5. The number of benzene rings is 1. The van der Waals surface area contributed by atoms with Crippen molar-refractivity contribution in [2.45, 2.75) is 12.1 Å². The number of carbonyl (C=O) groups excluding carboxylic acids is 2. The SMILES string of the molecule is COCCN1C(=O)C(N2CSCC2=O)C1c1ccc(Cl)cc1. The molecule has 0 saturated carbocycles. The number of β-lactam (4-membered cyclic amide) rings is 1. The lowest BCUT2D eigenvalue weighted by molar-refractivity contribution is -0.164. The Bertz CT molecular complexity index is 581. The van der Waals surface area contributed by atoms with Crippen LogP contribution in [0, 0.1) is 0 Å². The van der Waals surface area contributed by atoms with Crippen molar-refractivity contribution in [1.29, 1.82) is 0 Å². The van der Waals surface area contributed by atoms with E-state index >= 15 is 0 Å². The van der Waals surface area contributed by atoms with E-state index < -0.39 is 6.04 Å². The van der Waals surface area contributed by atoms with Gasteiger partial charge in [0.05, 0.1) is 24.3 Å². The summed E-state index contributed by atoms with van der Waals surface area (Å²) in [6.45, 7) is 1.000. The molecule has 118 valence electrons. The van der Waals surface area contributed by atoms with Gasteiger partial charge in [0, 0.05) is 18.7 Å². The molecule has 1 aromatic carbocycles. The molecule has 2 unspecified atom stereocenters. The first-order valence-corrected chi connectivity index (χ1v) is 8.59. The summed E-state index contributed by atoms with van der Waals surface area (Å²) in [7, 11) is 1.61. The molecule has 0 N–H and O–H groups in total. The van der Waals surface area contributed by atoms with Crippen molar-refractivity contribution >= 4 is 35.2 Å². The minimum Gasteiger partial charge on any atom is -0.383 e. The molecule has 0 aliphatic carbocycles. The van der Waals surface area contributed by atoms with E-state index in [1.54, 1.807) is 28.7 Å². The Kier molecular flexibility index (Phi) is 4.61. The zero-order chi connectivity index (χ0) is 15.7. The monoisotopic (exact) mass is 340 g/mol. The van der Waals surface area contributed by atoms with Crippen molar-refractivity contribution in [3.8, 4) is 0 Å². The molecule has 0 spiro atoms. The lowest BCUT2D eigenvalue weighted by atomic mass is 9.87. The van der Waals surface area contributed by atoms with Gasteiger partial charge in [0.25, 0.3) is 0 Å². The fourth-order valence-corrected chi connectivity index (χ4v) is 3.98. The van der Waals surface area contributed by atoms with Gasteiger partial charge in [-0.1, -0.05) is 23.7 Å². The summed E-state index contributed by atoms with van der Waals surface area (Å²) in [5, 5.41) is 0.655. The van der Waals surface area contributed by atoms with E-state index in [1.165, 1.54) is 0 Å². The summed E-state index contributed by atoms with van der Waals surface area (Å²) in [5.41, 5.74) is 0.995. The molecule has 3 rings (SSSR count). The third-order valence-electron chi connectivity index (χ3n) is 4.03. The number of carbonyl (C=O) groups is 2. The summed E-state index contributed by atoms with van der Waals surface area (Å²) in [6.07, 6.45) is 0. The van der Waals surface area contributed by atoms with Crippen molar-refractivity contribution in [2.24, 2.45) is 0 Å². The van der Waals surface area contributed by atoms with Crippen LogP contribution in [0.25, 0.3) is 0 Å². The number of nitrogens with zero attached hydrogens (tertiary/aromatic N) is 2. The van der Waals surface area contributed by atoms with Gasteiger partial charge in [-0.25, -0.2) is 0 Å². The molecule has 0 aromatic heterocycles. The van der Waals surface area contributed by atoms with Crippen molar-refractivity contribution in [3.63, 3.8) is 0 Å². The molecule has 2 aliphatic heterocycles. The van der Waals surface area contributed by atoms with Crippen LogP contribution in [0.3, 0.4) is 0 Å². The average Bonchev–Trinajstić information content (AvgIpc) is 2.92. The predicted molar refractivity (Wildman–Crippen MR) is 85.7 cm³/mol. The van der Waals surface area contributed by atoms with Crippen molar-refractivity contribution in [3.05, 3.63) is 34.9 Å². The second-order valence-corrected chi connectivity index (χ2v) is 6.70. The van der Waals surface area contributed by atoms with Crippen LogP contribution in [0.5, 0.6) is 0 Å². The summed E-state index contributed by atoms with van der Waals surface area (Å²) in [5.74, 6) is 1.06. The Morgan fingerprint density at radius 2 is 2.00 bits per heavy atom. The normalized spacial score (nSPS) is 24.8. The zero-order valence-electron chi connectivity index (χ0n) is 12.2. The van der Waals surface area contributed by atoms with Crippen molar-refractivity contribution < 1.29 is 14.3 Å². The highest BCUT2D eigenvalue weighted by Gasteiger charge is 2.52. The molecule has 2 atom stereocenters. The van der Waals surface area contributed by atoms with Gasteiger partial charge >= 0.3 is 0 Å². The lowest BCUT2D eigenvalue weighted by Gasteiger charge is -2.50. The molecule has 2 saturated heterocycles. The van der Waals surface area contributed by atoms with Crippen LogP contribution in [0.4, 0.5) is 0 Å². The van der Waals surface area contributed by atoms with Gasteiger partial charge in [0.1, 0.15) is 6.04 Å². The molecule has 2 amide bonds. The summed E-state index contributed by atoms with van der Waals surface area (Å²) < 4.78 is 5.08. The molecule has 22 heavy (non-hydrogen) atoms. The topological polar surface area (TPSA) is 49.9 Å². The summed E-state index contributed by atoms with van der Waals surface area (Å²) >= 11 is 7.49. The molecule has 2 heterocycles. The first-order chi connectivity index (χ1) is 10.6. The number of halogens is 1. The quantitative estimate of drug-likeness (QED) is 0.767. The minimum atomic E-state index is -0.402. The van der Waals surface area contributed by atoms with E-state index in [0.717, 1.165) is 5.56 Å². The van der Waals surface area contributed by atoms with Gasteiger partial charge in [0.15, 0.2) is 0 Å². The molecule has 7 heteroatoms. The predicted octanol–water partition coefficient (Wildman–Crippen LogP) is 1.77. The van der Waals surface area contributed by atoms with E-state index in [9.17, 15) is 9.59 Å². The largest absolute Gasteiger partial charge is 0.383 e. The Labute approximate surface area is 138 Å². The Balaban J connectivity index is 1.86.